The second kappa shape index (κ2) is 15.1. The summed E-state index contributed by atoms with van der Waals surface area (Å²) in [6.45, 7) is 2.39. The third kappa shape index (κ3) is 6.34. The van der Waals surface area contributed by atoms with Crippen LogP contribution in [0.3, 0.4) is 0 Å². The molecule has 0 amide bonds. The van der Waals surface area contributed by atoms with E-state index in [2.05, 4.69) is 254 Å². The third-order valence-electron chi connectivity index (χ3n) is 12.8. The lowest BCUT2D eigenvalue weighted by Gasteiger charge is -2.31. The molecule has 0 radical (unpaired) electrons. The summed E-state index contributed by atoms with van der Waals surface area (Å²) in [6.07, 6.45) is 0. The number of benzene rings is 10. The zero-order chi connectivity index (χ0) is 40.8. The number of hydrogen-bond acceptors (Lipinski definition) is 1. The van der Waals surface area contributed by atoms with Crippen molar-refractivity contribution in [3.63, 3.8) is 0 Å². The van der Waals surface area contributed by atoms with Crippen LogP contribution in [0, 0.1) is 0 Å². The second-order valence-corrected chi connectivity index (χ2v) is 16.2. The number of nitrogens with zero attached hydrogens (tertiary/aromatic N) is 1. The molecular weight excluding hydrogens is 735 g/mol. The molecule has 61 heavy (non-hydrogen) atoms. The lowest BCUT2D eigenvalue weighted by Crippen LogP contribution is -2.22. The highest BCUT2D eigenvalue weighted by atomic mass is 15.1. The van der Waals surface area contributed by atoms with Crippen LogP contribution in [0.1, 0.15) is 23.6 Å². The molecule has 1 heteroatoms. The Morgan fingerprint density at radius 2 is 0.836 bits per heavy atom. The highest BCUT2D eigenvalue weighted by Gasteiger charge is 2.42. The summed E-state index contributed by atoms with van der Waals surface area (Å²) in [4.78, 5) is 2.47. The van der Waals surface area contributed by atoms with E-state index in [4.69, 9.17) is 0 Å². The van der Waals surface area contributed by atoms with Crippen LogP contribution >= 0.6 is 0 Å². The van der Waals surface area contributed by atoms with Crippen molar-refractivity contribution in [2.24, 2.45) is 0 Å². The predicted molar refractivity (Wildman–Crippen MR) is 258 cm³/mol. The normalized spacial score (nSPS) is 14.0. The van der Waals surface area contributed by atoms with E-state index in [0.717, 1.165) is 17.1 Å². The molecule has 0 aromatic heterocycles. The first-order chi connectivity index (χ1) is 30.1. The van der Waals surface area contributed by atoms with Gasteiger partial charge in [0.2, 0.25) is 0 Å². The average Bonchev–Trinajstić information content (AvgIpc) is 3.61. The van der Waals surface area contributed by atoms with Crippen molar-refractivity contribution in [1.82, 2.24) is 0 Å². The Kier molecular flexibility index (Phi) is 9.02. The summed E-state index contributed by atoms with van der Waals surface area (Å²) >= 11 is 0. The molecule has 1 aliphatic rings. The minimum Gasteiger partial charge on any atom is -0.310 e. The molecule has 0 heterocycles. The summed E-state index contributed by atoms with van der Waals surface area (Å²) < 4.78 is 0. The van der Waals surface area contributed by atoms with Gasteiger partial charge in [-0.3, -0.25) is 0 Å². The van der Waals surface area contributed by atoms with Crippen molar-refractivity contribution >= 4 is 27.8 Å². The van der Waals surface area contributed by atoms with Gasteiger partial charge in [0, 0.05) is 22.4 Å². The summed E-state index contributed by atoms with van der Waals surface area (Å²) in [6, 6.07) is 88.7. The van der Waals surface area contributed by atoms with E-state index >= 15 is 0 Å². The van der Waals surface area contributed by atoms with Crippen LogP contribution in [0.15, 0.2) is 243 Å². The van der Waals surface area contributed by atoms with Crippen LogP contribution < -0.4 is 4.90 Å². The van der Waals surface area contributed by atoms with Gasteiger partial charge in [0.1, 0.15) is 0 Å². The Balaban J connectivity index is 1.04. The van der Waals surface area contributed by atoms with Crippen LogP contribution in [0.4, 0.5) is 17.1 Å². The zero-order valence-electron chi connectivity index (χ0n) is 34.0. The van der Waals surface area contributed by atoms with Crippen LogP contribution in [0.5, 0.6) is 0 Å². The maximum absolute atomic E-state index is 2.47. The Labute approximate surface area is 358 Å². The van der Waals surface area contributed by atoms with Gasteiger partial charge < -0.3 is 4.90 Å². The highest BCUT2D eigenvalue weighted by molar-refractivity contribution is 5.97. The monoisotopic (exact) mass is 777 g/mol. The van der Waals surface area contributed by atoms with Gasteiger partial charge in [-0.1, -0.05) is 206 Å². The van der Waals surface area contributed by atoms with Gasteiger partial charge in [0.25, 0.3) is 0 Å². The van der Waals surface area contributed by atoms with Crippen molar-refractivity contribution in [3.8, 4) is 55.6 Å². The van der Waals surface area contributed by atoms with Gasteiger partial charge in [0.15, 0.2) is 0 Å². The molecule has 1 nitrogen and oxygen atoms in total. The third-order valence-corrected chi connectivity index (χ3v) is 12.8. The number of rotatable bonds is 8. The van der Waals surface area contributed by atoms with Crippen molar-refractivity contribution in [2.75, 3.05) is 4.90 Å². The van der Waals surface area contributed by atoms with Crippen molar-refractivity contribution in [3.05, 3.63) is 259 Å². The Morgan fingerprint density at radius 1 is 0.311 bits per heavy atom. The number of hydrogen-bond donors (Lipinski definition) is 0. The topological polar surface area (TPSA) is 3.24 Å². The van der Waals surface area contributed by atoms with Crippen LogP contribution in [0.2, 0.25) is 0 Å². The maximum atomic E-state index is 2.47. The zero-order valence-corrected chi connectivity index (χ0v) is 34.0. The summed E-state index contributed by atoms with van der Waals surface area (Å²) in [5, 5.41) is 2.52. The van der Waals surface area contributed by atoms with Crippen LogP contribution in [-0.4, -0.2) is 0 Å². The molecule has 0 aliphatic heterocycles. The largest absolute Gasteiger partial charge is 0.310 e. The van der Waals surface area contributed by atoms with Gasteiger partial charge in [-0.25, -0.2) is 0 Å². The smallest absolute Gasteiger partial charge is 0.0543 e. The van der Waals surface area contributed by atoms with E-state index < -0.39 is 0 Å². The van der Waals surface area contributed by atoms with E-state index in [1.54, 1.807) is 0 Å². The minimum atomic E-state index is -0.311. The fourth-order valence-electron chi connectivity index (χ4n) is 9.66. The number of fused-ring (bicyclic) bond motifs is 4. The lowest BCUT2D eigenvalue weighted by molar-refractivity contribution is 0.714. The van der Waals surface area contributed by atoms with Gasteiger partial charge in [-0.2, -0.15) is 0 Å². The van der Waals surface area contributed by atoms with E-state index in [-0.39, 0.29) is 5.41 Å². The molecule has 10 aromatic rings. The van der Waals surface area contributed by atoms with E-state index in [1.165, 1.54) is 83.1 Å². The maximum Gasteiger partial charge on any atom is 0.0543 e. The molecular formula is C60H43N. The molecule has 0 saturated heterocycles. The molecule has 0 bridgehead atoms. The molecule has 288 valence electrons. The van der Waals surface area contributed by atoms with Crippen LogP contribution in [-0.2, 0) is 5.41 Å². The Hall–Kier alpha value is -7.74. The van der Waals surface area contributed by atoms with Gasteiger partial charge in [-0.15, -0.1) is 0 Å². The highest BCUT2D eigenvalue weighted by Crippen LogP contribution is 2.56. The van der Waals surface area contributed by atoms with Gasteiger partial charge in [-0.05, 0) is 121 Å². The van der Waals surface area contributed by atoms with Crippen molar-refractivity contribution in [1.29, 1.82) is 0 Å². The first-order valence-corrected chi connectivity index (χ1v) is 21.2. The first-order valence-electron chi connectivity index (χ1n) is 21.2. The molecule has 0 saturated carbocycles. The van der Waals surface area contributed by atoms with Crippen molar-refractivity contribution in [2.45, 2.75) is 12.3 Å². The molecule has 11 rings (SSSR count). The summed E-state index contributed by atoms with van der Waals surface area (Å²) in [5.41, 5.74) is 19.2. The molecule has 10 aromatic carbocycles. The average molecular weight is 778 g/mol. The Morgan fingerprint density at radius 3 is 1.57 bits per heavy atom. The lowest BCUT2D eigenvalue weighted by atomic mass is 9.74. The second-order valence-electron chi connectivity index (χ2n) is 16.2. The van der Waals surface area contributed by atoms with Gasteiger partial charge in [0.05, 0.1) is 5.69 Å². The molecule has 0 fully saturated rings. The summed E-state index contributed by atoms with van der Waals surface area (Å²) in [5.74, 6) is 0. The fourth-order valence-corrected chi connectivity index (χ4v) is 9.66. The molecule has 1 atom stereocenters. The molecule has 1 unspecified atom stereocenters. The van der Waals surface area contributed by atoms with E-state index in [0.29, 0.717) is 0 Å². The SMILES string of the molecule is CC1(c2ccccc2)c2ccccc2-c2c(N(c3ccc(-c4ccc(-c5ccc6ccccc6c5)cc4)cc3)c3cccc(-c4ccccc4-c4ccccc4)c3)cccc21. The first kappa shape index (κ1) is 36.3. The van der Waals surface area contributed by atoms with E-state index in [9.17, 15) is 0 Å². The fraction of sp³-hybridized carbons (Fsp3) is 0.0333. The minimum absolute atomic E-state index is 0.311. The quantitative estimate of drug-likeness (QED) is 0.149. The molecule has 0 N–H and O–H groups in total. The molecule has 0 spiro atoms. The number of anilines is 3. The van der Waals surface area contributed by atoms with Crippen LogP contribution in [0.25, 0.3) is 66.4 Å². The summed E-state index contributed by atoms with van der Waals surface area (Å²) in [7, 11) is 0. The van der Waals surface area contributed by atoms with Gasteiger partial charge >= 0.3 is 0 Å². The predicted octanol–water partition coefficient (Wildman–Crippen LogP) is 16.3. The molecule has 1 aliphatic carbocycles. The van der Waals surface area contributed by atoms with E-state index in [1.807, 2.05) is 0 Å². The standard InChI is InChI=1S/C60H43N/c1-60(50-21-6-3-7-22-50)56-27-13-12-26-55(56)59-57(60)28-15-29-58(59)61(52-23-14-20-49(41-52)54-25-11-10-24-53(54)46-17-4-2-5-18-46)51-38-36-44(37-39-51)43-30-32-45(33-31-43)48-35-34-42-16-8-9-19-47(42)40-48/h2-41H,1H3. The van der Waals surface area contributed by atoms with Crippen molar-refractivity contribution < 1.29 is 0 Å². The Bertz CT molecular complexity index is 3180.